The second kappa shape index (κ2) is 9.18. The van der Waals surface area contributed by atoms with Crippen molar-refractivity contribution in [1.29, 1.82) is 0 Å². The molecule has 0 aromatic carbocycles. The normalized spacial score (nSPS) is 11.2. The van der Waals surface area contributed by atoms with Crippen LogP contribution in [0.4, 0.5) is 0 Å². The van der Waals surface area contributed by atoms with Crippen molar-refractivity contribution in [3.63, 3.8) is 0 Å². The second-order valence-corrected chi connectivity index (χ2v) is 4.80. The van der Waals surface area contributed by atoms with E-state index in [0.29, 0.717) is 5.69 Å². The van der Waals surface area contributed by atoms with E-state index in [9.17, 15) is 19.2 Å². The Kier molecular flexibility index (Phi) is 7.24. The highest BCUT2D eigenvalue weighted by Gasteiger charge is 2.22. The largest absolute Gasteiger partial charge is 0.356 e. The van der Waals surface area contributed by atoms with Gasteiger partial charge in [0.15, 0.2) is 0 Å². The summed E-state index contributed by atoms with van der Waals surface area (Å²) in [7, 11) is 0. The zero-order valence-electron chi connectivity index (χ0n) is 12.9. The lowest BCUT2D eigenvalue weighted by Gasteiger charge is -2.18. The summed E-state index contributed by atoms with van der Waals surface area (Å²) in [6.45, 7) is 2.77. The van der Waals surface area contributed by atoms with Gasteiger partial charge in [0, 0.05) is 45.1 Å². The minimum absolute atomic E-state index is 0.0342. The smallest absolute Gasteiger partial charge is 0.261 e. The van der Waals surface area contributed by atoms with Gasteiger partial charge in [0.25, 0.3) is 5.91 Å². The summed E-state index contributed by atoms with van der Waals surface area (Å²) in [5.41, 5.74) is 5.03. The molecule has 1 rings (SSSR count). The fourth-order valence-electron chi connectivity index (χ4n) is 1.68. The number of hydrogen-bond donors (Lipinski definition) is 5. The molecule has 1 heterocycles. The van der Waals surface area contributed by atoms with Crippen LogP contribution in [0.15, 0.2) is 12.5 Å². The summed E-state index contributed by atoms with van der Waals surface area (Å²) in [6.07, 6.45) is 3.20. The quantitative estimate of drug-likeness (QED) is 0.373. The molecule has 10 nitrogen and oxygen atoms in total. The van der Waals surface area contributed by atoms with Crippen LogP contribution in [-0.2, 0) is 25.6 Å². The number of nitrogens with one attached hydrogen (secondary N) is 5. The van der Waals surface area contributed by atoms with Crippen LogP contribution in [0.1, 0.15) is 26.0 Å². The Morgan fingerprint density at radius 3 is 2.48 bits per heavy atom. The number of rotatable bonds is 7. The third-order valence-corrected chi connectivity index (χ3v) is 2.72. The summed E-state index contributed by atoms with van der Waals surface area (Å²) >= 11 is 0. The van der Waals surface area contributed by atoms with E-state index in [0.717, 1.165) is 0 Å². The van der Waals surface area contributed by atoms with E-state index < -0.39 is 23.8 Å². The van der Waals surface area contributed by atoms with Gasteiger partial charge in [-0.3, -0.25) is 30.0 Å². The van der Waals surface area contributed by atoms with E-state index in [-0.39, 0.29) is 25.3 Å². The molecule has 0 unspecified atom stereocenters. The van der Waals surface area contributed by atoms with Crippen LogP contribution >= 0.6 is 0 Å². The van der Waals surface area contributed by atoms with Crippen molar-refractivity contribution in [1.82, 2.24) is 31.5 Å². The molecule has 0 saturated heterocycles. The first-order valence-corrected chi connectivity index (χ1v) is 6.96. The van der Waals surface area contributed by atoms with Crippen molar-refractivity contribution in [3.8, 4) is 0 Å². The van der Waals surface area contributed by atoms with E-state index in [4.69, 9.17) is 0 Å². The molecule has 4 amide bonds. The monoisotopic (exact) mass is 324 g/mol. The molecule has 0 aliphatic rings. The highest BCUT2D eigenvalue weighted by Crippen LogP contribution is 1.99. The maximum atomic E-state index is 12.0. The molecule has 23 heavy (non-hydrogen) atoms. The van der Waals surface area contributed by atoms with Crippen LogP contribution in [0.2, 0.25) is 0 Å². The fraction of sp³-hybridized carbons (Fsp3) is 0.462. The maximum Gasteiger partial charge on any atom is 0.261 e. The van der Waals surface area contributed by atoms with E-state index in [1.54, 1.807) is 0 Å². The maximum absolute atomic E-state index is 12.0. The summed E-state index contributed by atoms with van der Waals surface area (Å²) in [6, 6.07) is -0.896. The third kappa shape index (κ3) is 7.60. The van der Waals surface area contributed by atoms with Crippen LogP contribution < -0.4 is 21.5 Å². The van der Waals surface area contributed by atoms with Gasteiger partial charge in [-0.1, -0.05) is 0 Å². The molecule has 0 bridgehead atoms. The van der Waals surface area contributed by atoms with E-state index in [1.807, 2.05) is 0 Å². The highest BCUT2D eigenvalue weighted by atomic mass is 16.2. The van der Waals surface area contributed by atoms with Crippen LogP contribution in [0, 0.1) is 0 Å². The first-order chi connectivity index (χ1) is 10.9. The molecule has 0 aliphatic carbocycles. The molecule has 1 aromatic rings. The van der Waals surface area contributed by atoms with Crippen molar-refractivity contribution in [2.75, 3.05) is 6.54 Å². The number of carbonyl (C=O) groups is 4. The van der Waals surface area contributed by atoms with Crippen molar-refractivity contribution < 1.29 is 19.2 Å². The van der Waals surface area contributed by atoms with Gasteiger partial charge in [-0.25, -0.2) is 4.98 Å². The standard InChI is InChI=1S/C13H20N6O4/c1-8(20)15-4-3-12(22)17-11(5-10-6-14-7-16-10)13(23)19-18-9(2)21/h6-7,11H,3-5H2,1-2H3,(H,14,16)(H,15,20)(H,17,22)(H,18,21)(H,19,23)/t11-/m0/s1. The van der Waals surface area contributed by atoms with E-state index >= 15 is 0 Å². The first kappa shape index (κ1) is 18.1. The van der Waals surface area contributed by atoms with Gasteiger partial charge in [0.2, 0.25) is 17.7 Å². The van der Waals surface area contributed by atoms with Gasteiger partial charge < -0.3 is 15.6 Å². The summed E-state index contributed by atoms with van der Waals surface area (Å²) in [5.74, 6) is -1.64. The van der Waals surface area contributed by atoms with Crippen LogP contribution in [-0.4, -0.2) is 46.2 Å². The fourth-order valence-corrected chi connectivity index (χ4v) is 1.68. The Bertz CT molecular complexity index is 557. The molecule has 0 radical (unpaired) electrons. The number of aromatic amines is 1. The minimum Gasteiger partial charge on any atom is -0.356 e. The molecule has 5 N–H and O–H groups in total. The summed E-state index contributed by atoms with van der Waals surface area (Å²) in [4.78, 5) is 52.2. The average Bonchev–Trinajstić information content (AvgIpc) is 2.96. The van der Waals surface area contributed by atoms with Gasteiger partial charge in [-0.15, -0.1) is 0 Å². The molecule has 1 atom stereocenters. The average molecular weight is 324 g/mol. The molecule has 0 spiro atoms. The first-order valence-electron chi connectivity index (χ1n) is 6.96. The van der Waals surface area contributed by atoms with Gasteiger partial charge in [-0.2, -0.15) is 0 Å². The zero-order chi connectivity index (χ0) is 17.2. The number of hydrogen-bond acceptors (Lipinski definition) is 5. The van der Waals surface area contributed by atoms with Gasteiger partial charge >= 0.3 is 0 Å². The molecular weight excluding hydrogens is 304 g/mol. The van der Waals surface area contributed by atoms with Crippen molar-refractivity contribution in [2.45, 2.75) is 32.7 Å². The number of hydrazine groups is 1. The van der Waals surface area contributed by atoms with Crippen LogP contribution in [0.5, 0.6) is 0 Å². The van der Waals surface area contributed by atoms with E-state index in [2.05, 4.69) is 31.5 Å². The topological polar surface area (TPSA) is 145 Å². The lowest BCUT2D eigenvalue weighted by Crippen LogP contribution is -2.53. The molecule has 126 valence electrons. The predicted molar refractivity (Wildman–Crippen MR) is 79.5 cm³/mol. The van der Waals surface area contributed by atoms with Crippen molar-refractivity contribution in [2.24, 2.45) is 0 Å². The van der Waals surface area contributed by atoms with Crippen molar-refractivity contribution >= 4 is 23.6 Å². The molecule has 0 saturated carbocycles. The molecule has 10 heteroatoms. The van der Waals surface area contributed by atoms with Gasteiger partial charge in [0.1, 0.15) is 6.04 Å². The van der Waals surface area contributed by atoms with Crippen LogP contribution in [0.25, 0.3) is 0 Å². The number of aromatic nitrogens is 2. The number of amides is 4. The number of imidazole rings is 1. The number of nitrogens with zero attached hydrogens (tertiary/aromatic N) is 1. The highest BCUT2D eigenvalue weighted by molar-refractivity contribution is 5.89. The van der Waals surface area contributed by atoms with Crippen LogP contribution in [0.3, 0.4) is 0 Å². The third-order valence-electron chi connectivity index (χ3n) is 2.72. The lowest BCUT2D eigenvalue weighted by atomic mass is 10.1. The summed E-state index contributed by atoms with van der Waals surface area (Å²) < 4.78 is 0. The van der Waals surface area contributed by atoms with Crippen molar-refractivity contribution in [3.05, 3.63) is 18.2 Å². The van der Waals surface area contributed by atoms with Gasteiger partial charge in [-0.05, 0) is 0 Å². The molecule has 0 aliphatic heterocycles. The Morgan fingerprint density at radius 2 is 1.91 bits per heavy atom. The Morgan fingerprint density at radius 1 is 1.17 bits per heavy atom. The number of H-pyrrole nitrogens is 1. The van der Waals surface area contributed by atoms with Gasteiger partial charge in [0.05, 0.1) is 6.33 Å². The number of carbonyl (C=O) groups excluding carboxylic acids is 4. The Hall–Kier alpha value is -2.91. The Balaban J connectivity index is 2.59. The Labute approximate surface area is 132 Å². The molecular formula is C13H20N6O4. The predicted octanol–water partition coefficient (Wildman–Crippen LogP) is -1.87. The SMILES string of the molecule is CC(=O)NCCC(=O)N[C@@H](Cc1cnc[nH]1)C(=O)NNC(C)=O. The van der Waals surface area contributed by atoms with E-state index in [1.165, 1.54) is 26.4 Å². The second-order valence-electron chi connectivity index (χ2n) is 4.80. The lowest BCUT2D eigenvalue weighted by molar-refractivity contribution is -0.131. The summed E-state index contributed by atoms with van der Waals surface area (Å²) in [5, 5.41) is 5.04. The molecule has 0 fully saturated rings. The zero-order valence-corrected chi connectivity index (χ0v) is 12.9. The molecule has 1 aromatic heterocycles. The minimum atomic E-state index is -0.896.